The Hall–Kier alpha value is 0.170. The lowest BCUT2D eigenvalue weighted by Crippen LogP contribution is -1.96. The standard InChI is InChI=1S/C4HCl4N3/c5-1(6)2-9-3(7)11-4(8)10-2/h1H. The number of hydrogen-bond donors (Lipinski definition) is 0. The SMILES string of the molecule is Clc1nc(Cl)nc(C(Cl)Cl)n1. The van der Waals surface area contributed by atoms with Gasteiger partial charge in [0.1, 0.15) is 0 Å². The summed E-state index contributed by atoms with van der Waals surface area (Å²) in [4.78, 5) is 9.93. The van der Waals surface area contributed by atoms with E-state index in [4.69, 9.17) is 46.4 Å². The summed E-state index contributed by atoms with van der Waals surface area (Å²) in [6, 6.07) is 0. The van der Waals surface area contributed by atoms with Crippen LogP contribution in [0, 0.1) is 0 Å². The largest absolute Gasteiger partial charge is 0.227 e. The minimum Gasteiger partial charge on any atom is -0.200 e. The van der Waals surface area contributed by atoms with Gasteiger partial charge in [-0.1, -0.05) is 23.2 Å². The van der Waals surface area contributed by atoms with Crippen molar-refractivity contribution in [2.24, 2.45) is 0 Å². The van der Waals surface area contributed by atoms with Crippen LogP contribution in [0.1, 0.15) is 10.7 Å². The fourth-order valence-electron chi connectivity index (χ4n) is 0.438. The summed E-state index contributed by atoms with van der Waals surface area (Å²) in [5.41, 5.74) is 0. The molecule has 0 saturated heterocycles. The van der Waals surface area contributed by atoms with Gasteiger partial charge in [0.25, 0.3) is 0 Å². The highest BCUT2D eigenvalue weighted by atomic mass is 35.5. The van der Waals surface area contributed by atoms with Gasteiger partial charge in [0.2, 0.25) is 10.6 Å². The first-order valence-electron chi connectivity index (χ1n) is 2.44. The summed E-state index contributed by atoms with van der Waals surface area (Å²) >= 11 is 21.7. The van der Waals surface area contributed by atoms with E-state index in [-0.39, 0.29) is 16.4 Å². The summed E-state index contributed by atoms with van der Waals surface area (Å²) in [6.07, 6.45) is 0. The summed E-state index contributed by atoms with van der Waals surface area (Å²) in [5.74, 6) is 0.151. The van der Waals surface area contributed by atoms with Gasteiger partial charge >= 0.3 is 0 Å². The number of rotatable bonds is 1. The molecule has 0 aromatic carbocycles. The van der Waals surface area contributed by atoms with E-state index < -0.39 is 4.84 Å². The van der Waals surface area contributed by atoms with Gasteiger partial charge in [0.05, 0.1) is 0 Å². The second-order valence-corrected chi connectivity index (χ2v) is 3.30. The second kappa shape index (κ2) is 3.72. The van der Waals surface area contributed by atoms with E-state index in [2.05, 4.69) is 15.0 Å². The molecule has 0 fully saturated rings. The van der Waals surface area contributed by atoms with E-state index in [1.165, 1.54) is 0 Å². The second-order valence-electron chi connectivity index (χ2n) is 1.53. The van der Waals surface area contributed by atoms with Crippen LogP contribution in [-0.2, 0) is 0 Å². The van der Waals surface area contributed by atoms with Gasteiger partial charge < -0.3 is 0 Å². The third-order valence-electron chi connectivity index (χ3n) is 0.793. The van der Waals surface area contributed by atoms with Gasteiger partial charge in [-0.2, -0.15) is 15.0 Å². The molecule has 1 rings (SSSR count). The topological polar surface area (TPSA) is 38.7 Å². The number of halogens is 4. The molecule has 0 saturated carbocycles. The highest BCUT2D eigenvalue weighted by Crippen LogP contribution is 2.22. The number of nitrogens with zero attached hydrogens (tertiary/aromatic N) is 3. The van der Waals surface area contributed by atoms with Crippen molar-refractivity contribution >= 4 is 46.4 Å². The molecule has 0 N–H and O–H groups in total. The van der Waals surface area contributed by atoms with Gasteiger partial charge in [0.15, 0.2) is 10.7 Å². The first-order chi connectivity index (χ1) is 5.09. The first kappa shape index (κ1) is 9.26. The van der Waals surface area contributed by atoms with Crippen LogP contribution in [0.3, 0.4) is 0 Å². The highest BCUT2D eigenvalue weighted by molar-refractivity contribution is 6.43. The van der Waals surface area contributed by atoms with Crippen molar-refractivity contribution in [2.75, 3.05) is 0 Å². The van der Waals surface area contributed by atoms with Crippen molar-refractivity contribution in [3.05, 3.63) is 16.4 Å². The van der Waals surface area contributed by atoms with Gasteiger partial charge in [0, 0.05) is 0 Å². The van der Waals surface area contributed by atoms with Crippen LogP contribution in [0.15, 0.2) is 0 Å². The predicted octanol–water partition coefficient (Wildman–Crippen LogP) is 2.65. The molecule has 7 heteroatoms. The summed E-state index contributed by atoms with van der Waals surface area (Å²) in [5, 5.41) is -0.0439. The van der Waals surface area contributed by atoms with E-state index in [0.29, 0.717) is 0 Å². The molecule has 0 amide bonds. The molecule has 0 aliphatic carbocycles. The zero-order chi connectivity index (χ0) is 8.43. The maximum Gasteiger partial charge on any atom is 0.227 e. The maximum atomic E-state index is 5.44. The van der Waals surface area contributed by atoms with Crippen LogP contribution >= 0.6 is 46.4 Å². The Morgan fingerprint density at radius 1 is 0.909 bits per heavy atom. The molecule has 0 atom stereocenters. The molecular weight excluding hydrogens is 232 g/mol. The third kappa shape index (κ3) is 2.60. The molecular formula is C4HCl4N3. The fraction of sp³-hybridized carbons (Fsp3) is 0.250. The zero-order valence-corrected chi connectivity index (χ0v) is 7.95. The molecule has 0 bridgehead atoms. The molecule has 3 nitrogen and oxygen atoms in total. The molecule has 0 aliphatic rings. The molecule has 0 spiro atoms. The summed E-state index contributed by atoms with van der Waals surface area (Å²) < 4.78 is 0. The van der Waals surface area contributed by atoms with E-state index in [9.17, 15) is 0 Å². The Kier molecular flexibility index (Phi) is 3.13. The minimum atomic E-state index is -0.840. The molecule has 0 radical (unpaired) electrons. The van der Waals surface area contributed by atoms with Gasteiger partial charge in [-0.25, -0.2) is 0 Å². The van der Waals surface area contributed by atoms with Gasteiger partial charge in [-0.05, 0) is 23.2 Å². The van der Waals surface area contributed by atoms with Crippen molar-refractivity contribution in [1.82, 2.24) is 15.0 Å². The van der Waals surface area contributed by atoms with Gasteiger partial charge in [-0.3, -0.25) is 0 Å². The van der Waals surface area contributed by atoms with Crippen LogP contribution in [0.25, 0.3) is 0 Å². The monoisotopic (exact) mass is 231 g/mol. The van der Waals surface area contributed by atoms with E-state index in [1.54, 1.807) is 0 Å². The Balaban J connectivity index is 3.08. The van der Waals surface area contributed by atoms with Crippen molar-refractivity contribution in [3.63, 3.8) is 0 Å². The average molecular weight is 233 g/mol. The average Bonchev–Trinajstić information content (AvgIpc) is 1.85. The Morgan fingerprint density at radius 3 is 1.73 bits per heavy atom. The lowest BCUT2D eigenvalue weighted by atomic mass is 10.7. The molecule has 60 valence electrons. The Labute approximate surface area is 82.7 Å². The van der Waals surface area contributed by atoms with Crippen molar-refractivity contribution in [1.29, 1.82) is 0 Å². The molecule has 0 unspecified atom stereocenters. The van der Waals surface area contributed by atoms with E-state index in [0.717, 1.165) is 0 Å². The minimum absolute atomic E-state index is 0.0219. The predicted molar refractivity (Wildman–Crippen MR) is 44.3 cm³/mol. The molecule has 1 aromatic heterocycles. The van der Waals surface area contributed by atoms with Crippen LogP contribution in [0.2, 0.25) is 10.6 Å². The van der Waals surface area contributed by atoms with Crippen LogP contribution < -0.4 is 0 Å². The number of alkyl halides is 2. The quantitative estimate of drug-likeness (QED) is 0.699. The molecule has 1 heterocycles. The molecule has 1 aromatic rings. The smallest absolute Gasteiger partial charge is 0.200 e. The number of hydrogen-bond acceptors (Lipinski definition) is 3. The lowest BCUT2D eigenvalue weighted by Gasteiger charge is -1.98. The van der Waals surface area contributed by atoms with E-state index >= 15 is 0 Å². The first-order valence-corrected chi connectivity index (χ1v) is 4.07. The maximum absolute atomic E-state index is 5.44. The highest BCUT2D eigenvalue weighted by Gasteiger charge is 2.09. The Morgan fingerprint density at radius 2 is 1.36 bits per heavy atom. The van der Waals surface area contributed by atoms with Crippen LogP contribution in [0.4, 0.5) is 0 Å². The number of aromatic nitrogens is 3. The van der Waals surface area contributed by atoms with Crippen molar-refractivity contribution in [3.8, 4) is 0 Å². The summed E-state index contributed by atoms with van der Waals surface area (Å²) in [7, 11) is 0. The molecule has 0 aliphatic heterocycles. The van der Waals surface area contributed by atoms with E-state index in [1.807, 2.05) is 0 Å². The Bertz CT molecular complexity index is 243. The summed E-state index contributed by atoms with van der Waals surface area (Å²) in [6.45, 7) is 0. The van der Waals surface area contributed by atoms with Crippen LogP contribution in [-0.4, -0.2) is 15.0 Å². The van der Waals surface area contributed by atoms with Crippen LogP contribution in [0.5, 0.6) is 0 Å². The fourth-order valence-corrected chi connectivity index (χ4v) is 1.01. The molecule has 11 heavy (non-hydrogen) atoms. The van der Waals surface area contributed by atoms with Crippen molar-refractivity contribution in [2.45, 2.75) is 4.84 Å². The van der Waals surface area contributed by atoms with Gasteiger partial charge in [-0.15, -0.1) is 0 Å². The zero-order valence-electron chi connectivity index (χ0n) is 4.93. The normalized spacial score (nSPS) is 10.6. The van der Waals surface area contributed by atoms with Crippen molar-refractivity contribution < 1.29 is 0 Å². The third-order valence-corrected chi connectivity index (χ3v) is 1.52. The lowest BCUT2D eigenvalue weighted by molar-refractivity contribution is 0.948.